The van der Waals surface area contributed by atoms with Gasteiger partial charge >= 0.3 is 5.97 Å². The number of phenols is 1. The summed E-state index contributed by atoms with van der Waals surface area (Å²) in [5.74, 6) is 0.0764. The molecule has 0 heterocycles. The van der Waals surface area contributed by atoms with E-state index in [0.717, 1.165) is 0 Å². The van der Waals surface area contributed by atoms with Crippen molar-refractivity contribution in [3.05, 3.63) is 66.7 Å². The zero-order chi connectivity index (χ0) is 17.6. The van der Waals surface area contributed by atoms with Crippen LogP contribution >= 0.6 is 0 Å². The van der Waals surface area contributed by atoms with Gasteiger partial charge in [-0.1, -0.05) is 82.3 Å². The smallest absolute Gasteiger partial charge is 0.302 e. The summed E-state index contributed by atoms with van der Waals surface area (Å²) >= 11 is 0. The fourth-order valence-corrected chi connectivity index (χ4v) is 0.813. The Morgan fingerprint density at radius 2 is 1.00 bits per heavy atom. The number of ether oxygens (including phenoxy) is 1. The number of hydrogen-bond acceptors (Lipinski definition) is 3. The second-order valence-corrected chi connectivity index (χ2v) is 3.19. The number of hydrogen-bond donors (Lipinski definition) is 1. The molecule has 124 valence electrons. The minimum absolute atomic E-state index is 0.245. The number of esters is 1. The van der Waals surface area contributed by atoms with Crippen LogP contribution in [-0.2, 0) is 9.53 Å². The van der Waals surface area contributed by atoms with Gasteiger partial charge in [0.25, 0.3) is 0 Å². The van der Waals surface area contributed by atoms with Crippen molar-refractivity contribution < 1.29 is 14.6 Å². The number of carbonyl (C=O) groups excluding carboxylic acids is 1. The molecule has 0 aliphatic heterocycles. The molecule has 0 fully saturated rings. The molecule has 0 radical (unpaired) electrons. The Morgan fingerprint density at radius 3 is 1.14 bits per heavy atom. The summed E-state index contributed by atoms with van der Waals surface area (Å²) in [5, 5.41) is 8.63. The molecule has 0 saturated heterocycles. The molecule has 22 heavy (non-hydrogen) atoms. The first kappa shape index (κ1) is 24.7. The lowest BCUT2D eigenvalue weighted by Gasteiger charge is -1.82. The predicted octanol–water partition coefficient (Wildman–Crippen LogP) is 5.31. The minimum Gasteiger partial charge on any atom is -0.508 e. The van der Waals surface area contributed by atoms with Gasteiger partial charge in [-0.15, -0.1) is 0 Å². The lowest BCUT2D eigenvalue weighted by atomic mass is 10.3. The molecule has 0 aromatic heterocycles. The Hall–Kier alpha value is -2.29. The van der Waals surface area contributed by atoms with Gasteiger partial charge in [-0.2, -0.15) is 0 Å². The predicted molar refractivity (Wildman–Crippen MR) is 94.9 cm³/mol. The highest BCUT2D eigenvalue weighted by Crippen LogP contribution is 2.02. The van der Waals surface area contributed by atoms with Gasteiger partial charge in [0.2, 0.25) is 0 Å². The molecule has 0 aliphatic rings. The third kappa shape index (κ3) is 26.3. The number of para-hydroxylation sites is 1. The quantitative estimate of drug-likeness (QED) is 0.671. The summed E-state index contributed by atoms with van der Waals surface area (Å²) in [4.78, 5) is 9.59. The van der Waals surface area contributed by atoms with Crippen LogP contribution < -0.4 is 0 Å². The first-order chi connectivity index (χ1) is 10.7. The summed E-state index contributed by atoms with van der Waals surface area (Å²) in [6, 6.07) is 20.7. The van der Waals surface area contributed by atoms with Crippen LogP contribution in [0.4, 0.5) is 0 Å². The topological polar surface area (TPSA) is 46.5 Å². The average Bonchev–Trinajstić information content (AvgIpc) is 2.62. The van der Waals surface area contributed by atoms with E-state index in [-0.39, 0.29) is 5.97 Å². The van der Waals surface area contributed by atoms with Crippen molar-refractivity contribution in [1.29, 1.82) is 0 Å². The van der Waals surface area contributed by atoms with Gasteiger partial charge < -0.3 is 9.84 Å². The van der Waals surface area contributed by atoms with E-state index < -0.39 is 0 Å². The standard InChI is InChI=1S/C6H6O.C6H6.C3H6O2.2C2H6/c7-6-4-2-1-3-5-6;1-2-4-6-5-3-1;1-3(4)5-2;2*1-2/h1-5,7H;1-6H;1-2H3;2*1-2H3. The highest BCUT2D eigenvalue weighted by atomic mass is 16.5. The highest BCUT2D eigenvalue weighted by molar-refractivity contribution is 5.65. The van der Waals surface area contributed by atoms with E-state index in [2.05, 4.69) is 4.74 Å². The second kappa shape index (κ2) is 23.8. The minimum atomic E-state index is -0.245. The van der Waals surface area contributed by atoms with Crippen molar-refractivity contribution >= 4 is 5.97 Å². The van der Waals surface area contributed by atoms with Crippen LogP contribution in [0.5, 0.6) is 5.75 Å². The molecule has 0 unspecified atom stereocenters. The van der Waals surface area contributed by atoms with Crippen LogP contribution in [0.25, 0.3) is 0 Å². The first-order valence-electron chi connectivity index (χ1n) is 7.45. The normalized spacial score (nSPS) is 7.00. The van der Waals surface area contributed by atoms with Gasteiger partial charge in [0.15, 0.2) is 0 Å². The van der Waals surface area contributed by atoms with Gasteiger partial charge in [-0.3, -0.25) is 4.79 Å². The Balaban J connectivity index is -0.000000224. The summed E-state index contributed by atoms with van der Waals surface area (Å²) in [7, 11) is 1.35. The van der Waals surface area contributed by atoms with Crippen molar-refractivity contribution in [3.8, 4) is 5.75 Å². The molecule has 0 saturated carbocycles. The number of phenolic OH excluding ortho intramolecular Hbond substituents is 1. The molecule has 0 spiro atoms. The molecule has 2 rings (SSSR count). The van der Waals surface area contributed by atoms with Gasteiger partial charge in [-0.25, -0.2) is 0 Å². The summed E-state index contributed by atoms with van der Waals surface area (Å²) in [6.45, 7) is 9.36. The molecule has 2 aromatic carbocycles. The van der Waals surface area contributed by atoms with Crippen molar-refractivity contribution in [2.45, 2.75) is 34.6 Å². The number of aromatic hydroxyl groups is 1. The summed E-state index contributed by atoms with van der Waals surface area (Å²) in [6.07, 6.45) is 0. The summed E-state index contributed by atoms with van der Waals surface area (Å²) < 4.78 is 4.11. The Kier molecular flexibility index (Phi) is 26.7. The highest BCUT2D eigenvalue weighted by Gasteiger charge is 1.76. The molecule has 3 heteroatoms. The van der Waals surface area contributed by atoms with Crippen molar-refractivity contribution in [3.63, 3.8) is 0 Å². The van der Waals surface area contributed by atoms with E-state index in [1.807, 2.05) is 70.2 Å². The Morgan fingerprint density at radius 1 is 0.773 bits per heavy atom. The van der Waals surface area contributed by atoms with E-state index in [4.69, 9.17) is 5.11 Å². The molecular weight excluding hydrogens is 276 g/mol. The fraction of sp³-hybridized carbons (Fsp3) is 0.316. The molecule has 3 nitrogen and oxygen atoms in total. The van der Waals surface area contributed by atoms with E-state index in [0.29, 0.717) is 5.75 Å². The van der Waals surface area contributed by atoms with Crippen LogP contribution in [0.2, 0.25) is 0 Å². The van der Waals surface area contributed by atoms with Crippen molar-refractivity contribution in [2.75, 3.05) is 7.11 Å². The molecular formula is C19H30O3. The third-order valence-electron chi connectivity index (χ3n) is 1.71. The Bertz CT molecular complexity index is 373. The second-order valence-electron chi connectivity index (χ2n) is 3.19. The number of rotatable bonds is 0. The average molecular weight is 306 g/mol. The molecule has 0 aliphatic carbocycles. The van der Waals surface area contributed by atoms with Crippen LogP contribution in [-0.4, -0.2) is 18.2 Å². The lowest BCUT2D eigenvalue weighted by molar-refractivity contribution is -0.137. The SMILES string of the molecule is CC.CC.COC(C)=O.Oc1ccccc1.c1ccccc1. The monoisotopic (exact) mass is 306 g/mol. The Labute approximate surface area is 135 Å². The molecule has 0 bridgehead atoms. The zero-order valence-corrected chi connectivity index (χ0v) is 14.6. The first-order valence-corrected chi connectivity index (χ1v) is 7.45. The maximum Gasteiger partial charge on any atom is 0.302 e. The van der Waals surface area contributed by atoms with E-state index in [1.165, 1.54) is 14.0 Å². The van der Waals surface area contributed by atoms with Crippen molar-refractivity contribution in [1.82, 2.24) is 0 Å². The number of benzene rings is 2. The number of carbonyl (C=O) groups is 1. The summed E-state index contributed by atoms with van der Waals surface area (Å²) in [5.41, 5.74) is 0. The van der Waals surface area contributed by atoms with E-state index in [1.54, 1.807) is 24.3 Å². The third-order valence-corrected chi connectivity index (χ3v) is 1.71. The van der Waals surface area contributed by atoms with Crippen LogP contribution in [0, 0.1) is 0 Å². The van der Waals surface area contributed by atoms with Gasteiger partial charge in [0, 0.05) is 6.92 Å². The van der Waals surface area contributed by atoms with Crippen LogP contribution in [0.3, 0.4) is 0 Å². The lowest BCUT2D eigenvalue weighted by Crippen LogP contribution is -1.88. The zero-order valence-electron chi connectivity index (χ0n) is 14.6. The van der Waals surface area contributed by atoms with E-state index in [9.17, 15) is 4.79 Å². The van der Waals surface area contributed by atoms with Crippen LogP contribution in [0.15, 0.2) is 66.7 Å². The molecule has 2 aromatic rings. The number of methoxy groups -OCH3 is 1. The molecule has 0 atom stereocenters. The molecule has 0 amide bonds. The van der Waals surface area contributed by atoms with Crippen LogP contribution in [0.1, 0.15) is 34.6 Å². The maximum atomic E-state index is 9.59. The van der Waals surface area contributed by atoms with Gasteiger partial charge in [-0.05, 0) is 12.1 Å². The van der Waals surface area contributed by atoms with Crippen molar-refractivity contribution in [2.24, 2.45) is 0 Å². The maximum absolute atomic E-state index is 9.59. The largest absolute Gasteiger partial charge is 0.508 e. The fourth-order valence-electron chi connectivity index (χ4n) is 0.813. The van der Waals surface area contributed by atoms with E-state index >= 15 is 0 Å². The van der Waals surface area contributed by atoms with Gasteiger partial charge in [0.1, 0.15) is 5.75 Å². The molecule has 1 N–H and O–H groups in total. The van der Waals surface area contributed by atoms with Gasteiger partial charge in [0.05, 0.1) is 7.11 Å².